The van der Waals surface area contributed by atoms with Crippen LogP contribution in [0.5, 0.6) is 5.75 Å². The molecule has 1 heterocycles. The molecule has 3 rings (SSSR count). The zero-order valence-corrected chi connectivity index (χ0v) is 21.2. The number of hydrogen-bond donors (Lipinski definition) is 5. The first-order valence-electron chi connectivity index (χ1n) is 11.6. The summed E-state index contributed by atoms with van der Waals surface area (Å²) >= 11 is 5.91. The number of hydrogen-bond acceptors (Lipinski definition) is 7. The summed E-state index contributed by atoms with van der Waals surface area (Å²) in [5.74, 6) is 1.00. The van der Waals surface area contributed by atoms with E-state index in [4.69, 9.17) is 27.5 Å². The van der Waals surface area contributed by atoms with Crippen LogP contribution in [0.15, 0.2) is 60.8 Å². The molecule has 1 aromatic heterocycles. The van der Waals surface area contributed by atoms with Crippen LogP contribution in [0.2, 0.25) is 5.02 Å². The Hall–Kier alpha value is -3.66. The van der Waals surface area contributed by atoms with Gasteiger partial charge in [-0.05, 0) is 80.5 Å². The topological polar surface area (TPSA) is 128 Å². The predicted octanol–water partition coefficient (Wildman–Crippen LogP) is 4.28. The first-order chi connectivity index (χ1) is 17.4. The highest BCUT2D eigenvalue weighted by molar-refractivity contribution is 6.30. The van der Waals surface area contributed by atoms with E-state index >= 15 is 0 Å². The summed E-state index contributed by atoms with van der Waals surface area (Å²) in [6, 6.07) is 16.0. The van der Waals surface area contributed by atoms with Crippen LogP contribution in [-0.4, -0.2) is 55.5 Å². The highest BCUT2D eigenvalue weighted by Gasteiger charge is 2.15. The first-order valence-corrected chi connectivity index (χ1v) is 12.0. The molecule has 0 bridgehead atoms. The van der Waals surface area contributed by atoms with Crippen LogP contribution in [0.4, 0.5) is 17.2 Å². The molecule has 0 aliphatic heterocycles. The molecule has 0 saturated heterocycles. The lowest BCUT2D eigenvalue weighted by atomic mass is 10.1. The van der Waals surface area contributed by atoms with Gasteiger partial charge in [-0.25, -0.2) is 4.98 Å². The van der Waals surface area contributed by atoms with Gasteiger partial charge in [-0.2, -0.15) is 0 Å². The lowest BCUT2D eigenvalue weighted by Gasteiger charge is -2.16. The zero-order chi connectivity index (χ0) is 25.9. The fraction of sp³-hybridized carbons (Fsp3) is 0.269. The Labute approximate surface area is 216 Å². The molecular weight excluding hydrogens is 478 g/mol. The van der Waals surface area contributed by atoms with Gasteiger partial charge in [0.25, 0.3) is 5.91 Å². The molecule has 3 aromatic rings. The molecule has 0 fully saturated rings. The number of rotatable bonds is 12. The van der Waals surface area contributed by atoms with Crippen LogP contribution >= 0.6 is 11.6 Å². The van der Waals surface area contributed by atoms with Crippen molar-refractivity contribution in [2.45, 2.75) is 12.8 Å². The van der Waals surface area contributed by atoms with Crippen molar-refractivity contribution in [3.63, 3.8) is 0 Å². The van der Waals surface area contributed by atoms with Gasteiger partial charge in [0.05, 0.1) is 16.3 Å². The van der Waals surface area contributed by atoms with Crippen molar-refractivity contribution in [2.75, 3.05) is 44.5 Å². The second kappa shape index (κ2) is 13.4. The van der Waals surface area contributed by atoms with E-state index in [0.717, 1.165) is 30.6 Å². The summed E-state index contributed by atoms with van der Waals surface area (Å²) in [4.78, 5) is 19.1. The first kappa shape index (κ1) is 26.9. The number of amidine groups is 1. The number of unbranched alkanes of at least 4 members (excludes halogenated alkanes) is 1. The van der Waals surface area contributed by atoms with E-state index < -0.39 is 0 Å². The van der Waals surface area contributed by atoms with Crippen LogP contribution in [0.25, 0.3) is 0 Å². The van der Waals surface area contributed by atoms with Gasteiger partial charge in [0, 0.05) is 31.5 Å². The van der Waals surface area contributed by atoms with Crippen LogP contribution in [-0.2, 0) is 0 Å². The maximum absolute atomic E-state index is 13.2. The minimum absolute atomic E-state index is 0.316. The van der Waals surface area contributed by atoms with Gasteiger partial charge in [0.15, 0.2) is 0 Å². The lowest BCUT2D eigenvalue weighted by Crippen LogP contribution is -2.22. The molecule has 0 saturated carbocycles. The summed E-state index contributed by atoms with van der Waals surface area (Å²) in [7, 11) is 3.66. The molecule has 0 aliphatic carbocycles. The molecule has 1 amide bonds. The van der Waals surface area contributed by atoms with Gasteiger partial charge in [0.2, 0.25) is 0 Å². The maximum atomic E-state index is 13.2. The molecule has 10 heteroatoms. The summed E-state index contributed by atoms with van der Waals surface area (Å²) in [5.41, 5.74) is 8.07. The largest absolute Gasteiger partial charge is 0.478 e. The van der Waals surface area contributed by atoms with E-state index in [1.165, 1.54) is 6.20 Å². The van der Waals surface area contributed by atoms with Crippen molar-refractivity contribution in [2.24, 2.45) is 5.73 Å². The number of carbonyl (C=O) groups excluding carboxylic acids is 1. The number of halogens is 1. The molecule has 0 atom stereocenters. The van der Waals surface area contributed by atoms with Gasteiger partial charge in [0.1, 0.15) is 24.1 Å². The Balaban J connectivity index is 1.78. The number of aromatic nitrogens is 1. The molecule has 2 aromatic carbocycles. The van der Waals surface area contributed by atoms with Crippen LogP contribution in [0.1, 0.15) is 28.8 Å². The minimum atomic E-state index is -0.348. The van der Waals surface area contributed by atoms with E-state index in [0.29, 0.717) is 47.0 Å². The Morgan fingerprint density at radius 1 is 1.11 bits per heavy atom. The summed E-state index contributed by atoms with van der Waals surface area (Å²) < 4.78 is 5.80. The Bertz CT molecular complexity index is 1150. The lowest BCUT2D eigenvalue weighted by molar-refractivity contribution is 0.102. The zero-order valence-electron chi connectivity index (χ0n) is 20.5. The third-order valence-corrected chi connectivity index (χ3v) is 5.46. The van der Waals surface area contributed by atoms with E-state index in [1.54, 1.807) is 35.2 Å². The third-order valence-electron chi connectivity index (χ3n) is 5.24. The van der Waals surface area contributed by atoms with Crippen molar-refractivity contribution in [3.05, 3.63) is 76.9 Å². The number of ether oxygens (including phenoxy) is 1. The highest BCUT2D eigenvalue weighted by Crippen LogP contribution is 2.27. The number of nitrogens with zero attached hydrogens (tertiary/aromatic N) is 2. The second-order valence-corrected chi connectivity index (χ2v) is 8.69. The van der Waals surface area contributed by atoms with Gasteiger partial charge < -0.3 is 26.0 Å². The van der Waals surface area contributed by atoms with Crippen LogP contribution in [0.3, 0.4) is 0 Å². The van der Waals surface area contributed by atoms with Crippen molar-refractivity contribution >= 4 is 40.5 Å². The fourth-order valence-electron chi connectivity index (χ4n) is 3.27. The summed E-state index contributed by atoms with van der Waals surface area (Å²) in [5, 5.41) is 17.9. The molecule has 6 N–H and O–H groups in total. The van der Waals surface area contributed by atoms with Crippen LogP contribution < -0.4 is 26.4 Å². The molecule has 0 unspecified atom stereocenters. The van der Waals surface area contributed by atoms with Crippen molar-refractivity contribution in [1.82, 2.24) is 15.2 Å². The van der Waals surface area contributed by atoms with Gasteiger partial charge in [-0.1, -0.05) is 11.6 Å². The number of nitrogens with one attached hydrogen (secondary N) is 4. The average molecular weight is 510 g/mol. The molecule has 9 nitrogen and oxygen atoms in total. The van der Waals surface area contributed by atoms with Crippen molar-refractivity contribution < 1.29 is 9.53 Å². The molecule has 190 valence electrons. The summed E-state index contributed by atoms with van der Waals surface area (Å²) in [6.45, 7) is 1.78. The summed E-state index contributed by atoms with van der Waals surface area (Å²) in [6.07, 6.45) is 3.39. The van der Waals surface area contributed by atoms with E-state index in [9.17, 15) is 4.79 Å². The van der Waals surface area contributed by atoms with E-state index in [2.05, 4.69) is 20.9 Å². The molecular formula is C26H32ClN7O2. The highest BCUT2D eigenvalue weighted by atomic mass is 35.5. The third kappa shape index (κ3) is 7.94. The molecule has 0 radical (unpaired) electrons. The number of benzene rings is 2. The number of nitrogens with two attached hydrogens (primary N) is 1. The number of amides is 1. The van der Waals surface area contributed by atoms with Crippen molar-refractivity contribution in [1.29, 1.82) is 5.41 Å². The normalized spacial score (nSPS) is 10.6. The van der Waals surface area contributed by atoms with Crippen LogP contribution in [0, 0.1) is 5.41 Å². The molecule has 0 spiro atoms. The molecule has 36 heavy (non-hydrogen) atoms. The van der Waals surface area contributed by atoms with E-state index in [-0.39, 0.29) is 5.91 Å². The quantitative estimate of drug-likeness (QED) is 0.107. The monoisotopic (exact) mass is 509 g/mol. The minimum Gasteiger partial charge on any atom is -0.478 e. The Morgan fingerprint density at radius 3 is 2.56 bits per heavy atom. The van der Waals surface area contributed by atoms with Gasteiger partial charge in [-0.15, -0.1) is 0 Å². The van der Waals surface area contributed by atoms with Gasteiger partial charge in [-0.3, -0.25) is 15.5 Å². The second-order valence-electron chi connectivity index (χ2n) is 8.25. The number of anilines is 3. The average Bonchev–Trinajstić information content (AvgIpc) is 2.88. The smallest absolute Gasteiger partial charge is 0.259 e. The van der Waals surface area contributed by atoms with Crippen molar-refractivity contribution in [3.8, 4) is 5.75 Å². The SMILES string of the molecule is CN(C)C(=N)c1ccc(Nc2ccc(OCNCCCCN)cc2C(=O)Nc2ccc(Cl)cn2)cc1. The Kier molecular flexibility index (Phi) is 10.1. The number of pyridine rings is 1. The fourth-order valence-corrected chi connectivity index (χ4v) is 3.38. The Morgan fingerprint density at radius 2 is 1.89 bits per heavy atom. The van der Waals surface area contributed by atoms with Gasteiger partial charge >= 0.3 is 0 Å². The predicted molar refractivity (Wildman–Crippen MR) is 146 cm³/mol. The maximum Gasteiger partial charge on any atom is 0.259 e. The standard InChI is InChI=1S/C26H32ClN7O2/c1-34(2)25(29)18-5-8-20(9-6-18)32-23-11-10-21(36-17-30-14-4-3-13-28)15-22(23)26(35)33-24-12-7-19(27)16-31-24/h5-12,15-16,29-30,32H,3-4,13-14,17,28H2,1-2H3,(H,31,33,35). The van der Waals surface area contributed by atoms with E-state index in [1.807, 2.05) is 38.4 Å². The molecule has 0 aliphatic rings. The number of carbonyl (C=O) groups is 1.